The molecule has 0 unspecified atom stereocenters. The maximum atomic E-state index is 11.7. The van der Waals surface area contributed by atoms with E-state index in [4.69, 9.17) is 20.3 Å². The van der Waals surface area contributed by atoms with Crippen LogP contribution in [0, 0.1) is 0 Å². The van der Waals surface area contributed by atoms with Crippen LogP contribution in [0.2, 0.25) is 0 Å². The molecule has 6 N–H and O–H groups in total. The summed E-state index contributed by atoms with van der Waals surface area (Å²) < 4.78 is 11.3. The predicted octanol–water partition coefficient (Wildman–Crippen LogP) is -3.22. The number of aliphatic hydroxyl groups is 3. The number of hydrogen-bond donors (Lipinski definition) is 5. The number of fused-ring (bicyclic) bond motifs is 2. The largest absolute Gasteiger partial charge is 0.393 e. The Bertz CT molecular complexity index is 803. The van der Waals surface area contributed by atoms with Gasteiger partial charge in [0.25, 0.3) is 11.5 Å². The van der Waals surface area contributed by atoms with Gasteiger partial charge >= 0.3 is 0 Å². The number of aromatic nitrogens is 4. The van der Waals surface area contributed by atoms with Gasteiger partial charge < -0.3 is 30.5 Å². The predicted molar refractivity (Wildman–Crippen MR) is 64.5 cm³/mol. The van der Waals surface area contributed by atoms with Gasteiger partial charge in [0.2, 0.25) is 11.7 Å². The SMILES string of the molecule is Nc1nc2c(ncn2[C@]2(O)O[C@H](CO)[C@]3(O)O[C@H]32)c(=O)[nH]1. The first-order valence-electron chi connectivity index (χ1n) is 6.04. The molecule has 11 nitrogen and oxygen atoms in total. The summed E-state index contributed by atoms with van der Waals surface area (Å²) in [4.78, 5) is 21.7. The van der Waals surface area contributed by atoms with Gasteiger partial charge in [0.15, 0.2) is 17.3 Å². The smallest absolute Gasteiger partial charge is 0.289 e. The Balaban J connectivity index is 1.90. The topological polar surface area (TPSA) is 172 Å². The molecule has 4 heterocycles. The Kier molecular flexibility index (Phi) is 2.16. The average Bonchev–Trinajstić information content (AvgIpc) is 2.86. The van der Waals surface area contributed by atoms with Crippen LogP contribution in [0.5, 0.6) is 0 Å². The van der Waals surface area contributed by atoms with Crippen LogP contribution in [0.1, 0.15) is 0 Å². The number of epoxide rings is 1. The van der Waals surface area contributed by atoms with Crippen molar-refractivity contribution >= 4 is 17.1 Å². The van der Waals surface area contributed by atoms with E-state index in [1.165, 1.54) is 0 Å². The minimum Gasteiger partial charge on any atom is -0.393 e. The van der Waals surface area contributed by atoms with Crippen LogP contribution in [0.25, 0.3) is 11.2 Å². The van der Waals surface area contributed by atoms with Crippen LogP contribution in [-0.4, -0.2) is 59.4 Å². The van der Waals surface area contributed by atoms with Gasteiger partial charge in [0.1, 0.15) is 12.4 Å². The summed E-state index contributed by atoms with van der Waals surface area (Å²) in [6.07, 6.45) is -1.15. The second-order valence-electron chi connectivity index (χ2n) is 4.94. The molecule has 0 amide bonds. The van der Waals surface area contributed by atoms with Gasteiger partial charge in [-0.25, -0.2) is 4.98 Å². The van der Waals surface area contributed by atoms with Crippen molar-refractivity contribution in [2.45, 2.75) is 23.9 Å². The van der Waals surface area contributed by atoms with Crippen LogP contribution in [0.4, 0.5) is 5.95 Å². The normalized spacial score (nSPS) is 37.9. The van der Waals surface area contributed by atoms with Crippen LogP contribution < -0.4 is 11.3 Å². The highest BCUT2D eigenvalue weighted by Crippen LogP contribution is 2.54. The van der Waals surface area contributed by atoms with Crippen molar-refractivity contribution in [3.8, 4) is 0 Å². The molecule has 11 heteroatoms. The molecule has 2 aliphatic heterocycles. The standard InChI is InChI=1S/C10H11N5O6/c11-8-13-5-4(6(17)14-8)12-2-15(5)10(19)7-9(18,21-7)3(1-16)20-10/h2-3,7,16,18-19H,1H2,(H3,11,13,14,17)/t3-,7-,9+,10-/m1/s1. The van der Waals surface area contributed by atoms with E-state index in [0.29, 0.717) is 0 Å². The number of nitrogens with one attached hydrogen (secondary N) is 1. The third-order valence-electron chi connectivity index (χ3n) is 3.68. The molecule has 0 aliphatic carbocycles. The first-order chi connectivity index (χ1) is 9.90. The zero-order chi connectivity index (χ0) is 15.0. The maximum absolute atomic E-state index is 11.7. The van der Waals surface area contributed by atoms with E-state index in [0.717, 1.165) is 10.9 Å². The lowest BCUT2D eigenvalue weighted by Crippen LogP contribution is -2.40. The highest BCUT2D eigenvalue weighted by atomic mass is 16.8. The Morgan fingerprint density at radius 2 is 2.24 bits per heavy atom. The molecule has 4 atom stereocenters. The second-order valence-corrected chi connectivity index (χ2v) is 4.94. The number of imidazole rings is 1. The summed E-state index contributed by atoms with van der Waals surface area (Å²) in [5.41, 5.74) is 4.80. The quantitative estimate of drug-likeness (QED) is 0.357. The zero-order valence-corrected chi connectivity index (χ0v) is 10.4. The molecule has 112 valence electrons. The number of nitrogens with two attached hydrogens (primary N) is 1. The summed E-state index contributed by atoms with van der Waals surface area (Å²) in [6.45, 7) is -0.557. The minimum absolute atomic E-state index is 0.0322. The van der Waals surface area contributed by atoms with Gasteiger partial charge in [-0.05, 0) is 0 Å². The Morgan fingerprint density at radius 3 is 2.90 bits per heavy atom. The van der Waals surface area contributed by atoms with Crippen molar-refractivity contribution in [3.63, 3.8) is 0 Å². The highest BCUT2D eigenvalue weighted by molar-refractivity contribution is 5.70. The molecule has 21 heavy (non-hydrogen) atoms. The number of anilines is 1. The summed E-state index contributed by atoms with van der Waals surface area (Å²) in [5.74, 6) is -4.10. The molecular weight excluding hydrogens is 286 g/mol. The van der Waals surface area contributed by atoms with Gasteiger partial charge in [-0.15, -0.1) is 0 Å². The molecule has 2 aromatic rings. The minimum atomic E-state index is -2.15. The van der Waals surface area contributed by atoms with E-state index in [2.05, 4.69) is 15.0 Å². The molecule has 0 aromatic carbocycles. The molecule has 0 saturated carbocycles. The molecule has 4 rings (SSSR count). The molecule has 2 saturated heterocycles. The van der Waals surface area contributed by atoms with Crippen molar-refractivity contribution in [1.29, 1.82) is 0 Å². The van der Waals surface area contributed by atoms with E-state index in [-0.39, 0.29) is 17.1 Å². The number of nitrogen functional groups attached to an aromatic ring is 1. The van der Waals surface area contributed by atoms with Crippen LogP contribution in [0.3, 0.4) is 0 Å². The van der Waals surface area contributed by atoms with E-state index in [9.17, 15) is 15.0 Å². The van der Waals surface area contributed by atoms with Gasteiger partial charge in [-0.2, -0.15) is 4.98 Å². The van der Waals surface area contributed by atoms with Crippen molar-refractivity contribution in [1.82, 2.24) is 19.5 Å². The van der Waals surface area contributed by atoms with Gasteiger partial charge in [0.05, 0.1) is 6.61 Å². The van der Waals surface area contributed by atoms with Crippen molar-refractivity contribution in [3.05, 3.63) is 16.7 Å². The molecule has 0 spiro atoms. The van der Waals surface area contributed by atoms with Gasteiger partial charge in [0, 0.05) is 0 Å². The average molecular weight is 297 g/mol. The molecule has 0 radical (unpaired) electrons. The molecule has 2 aromatic heterocycles. The zero-order valence-electron chi connectivity index (χ0n) is 10.4. The fourth-order valence-corrected chi connectivity index (χ4v) is 2.61. The van der Waals surface area contributed by atoms with E-state index in [1.807, 2.05) is 0 Å². The fourth-order valence-electron chi connectivity index (χ4n) is 2.61. The monoisotopic (exact) mass is 297 g/mol. The summed E-state index contributed by atoms with van der Waals surface area (Å²) >= 11 is 0. The number of ether oxygens (including phenoxy) is 2. The third-order valence-corrected chi connectivity index (χ3v) is 3.68. The first-order valence-corrected chi connectivity index (χ1v) is 6.04. The summed E-state index contributed by atoms with van der Waals surface area (Å²) in [7, 11) is 0. The van der Waals surface area contributed by atoms with Crippen molar-refractivity contribution < 1.29 is 24.8 Å². The molecule has 2 fully saturated rings. The van der Waals surface area contributed by atoms with Gasteiger partial charge in [-0.1, -0.05) is 0 Å². The third kappa shape index (κ3) is 1.41. The second kappa shape index (κ2) is 3.58. The maximum Gasteiger partial charge on any atom is 0.289 e. The highest BCUT2D eigenvalue weighted by Gasteiger charge is 2.78. The Morgan fingerprint density at radius 1 is 1.48 bits per heavy atom. The number of nitrogens with zero attached hydrogens (tertiary/aromatic N) is 3. The molecule has 2 aliphatic rings. The number of aromatic amines is 1. The fraction of sp³-hybridized carbons (Fsp3) is 0.500. The number of rotatable bonds is 2. The van der Waals surface area contributed by atoms with Crippen LogP contribution in [-0.2, 0) is 15.4 Å². The lowest BCUT2D eigenvalue weighted by Gasteiger charge is -2.26. The number of H-pyrrole nitrogens is 1. The van der Waals surface area contributed by atoms with Crippen LogP contribution >= 0.6 is 0 Å². The Hall–Kier alpha value is -2.05. The molecular formula is C10H11N5O6. The van der Waals surface area contributed by atoms with E-state index >= 15 is 0 Å². The van der Waals surface area contributed by atoms with Crippen molar-refractivity contribution in [2.24, 2.45) is 0 Å². The lowest BCUT2D eigenvalue weighted by molar-refractivity contribution is -0.300. The van der Waals surface area contributed by atoms with E-state index in [1.54, 1.807) is 0 Å². The summed E-state index contributed by atoms with van der Waals surface area (Å²) in [6, 6.07) is 0. The van der Waals surface area contributed by atoms with Crippen molar-refractivity contribution in [2.75, 3.05) is 12.3 Å². The number of hydrogen-bond acceptors (Lipinski definition) is 9. The molecule has 0 bridgehead atoms. The Labute approximate surface area is 115 Å². The number of aliphatic hydroxyl groups excluding tert-OH is 1. The summed E-state index contributed by atoms with van der Waals surface area (Å²) in [5, 5.41) is 29.8. The first kappa shape index (κ1) is 12.7. The lowest BCUT2D eigenvalue weighted by atomic mass is 10.2. The van der Waals surface area contributed by atoms with Gasteiger partial charge in [-0.3, -0.25) is 14.3 Å². The van der Waals surface area contributed by atoms with Crippen LogP contribution in [0.15, 0.2) is 11.1 Å². The van der Waals surface area contributed by atoms with E-state index < -0.39 is 36.1 Å².